The van der Waals surface area contributed by atoms with Crippen LogP contribution in [0.25, 0.3) is 5.69 Å². The van der Waals surface area contributed by atoms with Crippen molar-refractivity contribution in [2.24, 2.45) is 40.2 Å². The van der Waals surface area contributed by atoms with Crippen molar-refractivity contribution < 1.29 is 9.50 Å². The smallest absolute Gasteiger partial charge is 0.148 e. The van der Waals surface area contributed by atoms with Crippen molar-refractivity contribution in [3.05, 3.63) is 59.7 Å². The number of aromatic nitrogens is 2. The van der Waals surface area contributed by atoms with Crippen LogP contribution in [-0.4, -0.2) is 28.0 Å². The molecule has 2 aromatic rings. The number of allylic oxidation sites excluding steroid dienone is 1. The average molecular weight is 438 g/mol. The SMILES string of the molecule is C=C1CC[C@H]2[C@H](CN)[C@@H]([C@@]3(C)Cc4cn(-c5ccccc5F)nc4C[C@@H]3CO)CC[C@]12C. The Bertz CT molecular complexity index is 1030. The van der Waals surface area contributed by atoms with Crippen LogP contribution in [-0.2, 0) is 12.8 Å². The molecule has 0 radical (unpaired) electrons. The Morgan fingerprint density at radius 1 is 1.25 bits per heavy atom. The molecule has 3 N–H and O–H groups in total. The minimum atomic E-state index is -0.273. The van der Waals surface area contributed by atoms with Gasteiger partial charge in [-0.25, -0.2) is 9.07 Å². The number of fused-ring (bicyclic) bond motifs is 2. The van der Waals surface area contributed by atoms with Gasteiger partial charge in [-0.05, 0) is 97.3 Å². The van der Waals surface area contributed by atoms with E-state index >= 15 is 0 Å². The molecule has 2 fully saturated rings. The molecule has 0 spiro atoms. The Balaban J connectivity index is 1.50. The van der Waals surface area contributed by atoms with Crippen LogP contribution < -0.4 is 5.73 Å². The Morgan fingerprint density at radius 3 is 2.75 bits per heavy atom. The predicted molar refractivity (Wildman–Crippen MR) is 125 cm³/mol. The van der Waals surface area contributed by atoms with Gasteiger partial charge in [-0.1, -0.05) is 38.1 Å². The molecule has 4 nitrogen and oxygen atoms in total. The molecule has 0 amide bonds. The molecule has 32 heavy (non-hydrogen) atoms. The fourth-order valence-corrected chi connectivity index (χ4v) is 7.60. The monoisotopic (exact) mass is 437 g/mol. The molecule has 2 saturated carbocycles. The summed E-state index contributed by atoms with van der Waals surface area (Å²) in [6, 6.07) is 6.76. The van der Waals surface area contributed by atoms with Crippen LogP contribution in [0.3, 0.4) is 0 Å². The van der Waals surface area contributed by atoms with Crippen molar-refractivity contribution in [3.8, 4) is 5.69 Å². The van der Waals surface area contributed by atoms with Crippen LogP contribution in [0.4, 0.5) is 4.39 Å². The summed E-state index contributed by atoms with van der Waals surface area (Å²) in [5.41, 5.74) is 10.6. The van der Waals surface area contributed by atoms with E-state index in [1.807, 2.05) is 12.3 Å². The quantitative estimate of drug-likeness (QED) is 0.683. The van der Waals surface area contributed by atoms with E-state index in [-0.39, 0.29) is 29.2 Å². The molecule has 5 heteroatoms. The second-order valence-corrected chi connectivity index (χ2v) is 11.0. The molecule has 6 atom stereocenters. The highest BCUT2D eigenvalue weighted by Crippen LogP contribution is 2.62. The second-order valence-electron chi connectivity index (χ2n) is 11.0. The van der Waals surface area contributed by atoms with Gasteiger partial charge in [0.05, 0.1) is 5.69 Å². The maximum absolute atomic E-state index is 14.4. The molecular formula is C27H36FN3O. The maximum atomic E-state index is 14.4. The van der Waals surface area contributed by atoms with E-state index in [2.05, 4.69) is 20.4 Å². The van der Waals surface area contributed by atoms with Crippen molar-refractivity contribution in [2.75, 3.05) is 13.2 Å². The number of aliphatic hydroxyl groups excluding tert-OH is 1. The lowest BCUT2D eigenvalue weighted by atomic mass is 9.49. The first kappa shape index (κ1) is 21.8. The van der Waals surface area contributed by atoms with Gasteiger partial charge in [0, 0.05) is 12.8 Å². The number of halogens is 1. The van der Waals surface area contributed by atoms with Crippen LogP contribution in [0.5, 0.6) is 0 Å². The number of rotatable bonds is 4. The summed E-state index contributed by atoms with van der Waals surface area (Å²) in [4.78, 5) is 0. The van der Waals surface area contributed by atoms with Crippen molar-refractivity contribution in [1.82, 2.24) is 9.78 Å². The van der Waals surface area contributed by atoms with E-state index in [1.165, 1.54) is 23.6 Å². The number of hydrogen-bond donors (Lipinski definition) is 2. The van der Waals surface area contributed by atoms with Gasteiger partial charge in [-0.3, -0.25) is 0 Å². The Morgan fingerprint density at radius 2 is 2.03 bits per heavy atom. The number of nitrogens with zero attached hydrogens (tertiary/aromatic N) is 2. The van der Waals surface area contributed by atoms with Gasteiger partial charge in [-0.2, -0.15) is 5.10 Å². The topological polar surface area (TPSA) is 64.1 Å². The average Bonchev–Trinajstić information content (AvgIpc) is 3.32. The Hall–Kier alpha value is -1.98. The number of nitrogens with two attached hydrogens (primary N) is 1. The Labute approximate surface area is 190 Å². The normalized spacial score (nSPS) is 36.7. The number of aliphatic hydroxyl groups is 1. The number of benzene rings is 1. The highest BCUT2D eigenvalue weighted by Gasteiger charge is 2.56. The third-order valence-electron chi connectivity index (χ3n) is 9.65. The largest absolute Gasteiger partial charge is 0.396 e. The van der Waals surface area contributed by atoms with Crippen LogP contribution in [0, 0.1) is 40.3 Å². The summed E-state index contributed by atoms with van der Waals surface area (Å²) in [7, 11) is 0. The van der Waals surface area contributed by atoms with E-state index in [0.717, 1.165) is 37.8 Å². The fraction of sp³-hybridized carbons (Fsp3) is 0.593. The van der Waals surface area contributed by atoms with Gasteiger partial charge < -0.3 is 10.8 Å². The third-order valence-corrected chi connectivity index (χ3v) is 9.65. The summed E-state index contributed by atoms with van der Waals surface area (Å²) in [5.74, 6) is 1.34. The molecule has 5 rings (SSSR count). The Kier molecular flexibility index (Phi) is 5.33. The number of hydrogen-bond acceptors (Lipinski definition) is 3. The third kappa shape index (κ3) is 3.12. The van der Waals surface area contributed by atoms with Crippen LogP contribution in [0.15, 0.2) is 42.6 Å². The zero-order valence-electron chi connectivity index (χ0n) is 19.4. The predicted octanol–water partition coefficient (Wildman–Crippen LogP) is 4.68. The summed E-state index contributed by atoms with van der Waals surface area (Å²) in [5, 5.41) is 15.2. The highest BCUT2D eigenvalue weighted by atomic mass is 19.1. The van der Waals surface area contributed by atoms with E-state index in [9.17, 15) is 9.50 Å². The van der Waals surface area contributed by atoms with Gasteiger partial charge in [0.2, 0.25) is 0 Å². The van der Waals surface area contributed by atoms with Crippen molar-refractivity contribution in [2.45, 2.75) is 52.4 Å². The molecule has 0 aliphatic heterocycles. The summed E-state index contributed by atoms with van der Waals surface area (Å²) >= 11 is 0. The molecule has 0 bridgehead atoms. The van der Waals surface area contributed by atoms with E-state index in [0.29, 0.717) is 30.0 Å². The standard InChI is InChI=1S/C27H36FN3O/c1-17-8-9-21-20(14-29)22(10-11-26(17,21)2)27(3)13-18-15-31(25-7-5-4-6-23(25)28)30-24(18)12-19(27)16-32/h4-7,15,19-22,32H,1,8-14,16,29H2,2-3H3/t19-,20+,21+,22+,26-,27+/m1/s1. The van der Waals surface area contributed by atoms with Crippen molar-refractivity contribution in [1.29, 1.82) is 0 Å². The van der Waals surface area contributed by atoms with Crippen molar-refractivity contribution >= 4 is 0 Å². The van der Waals surface area contributed by atoms with Crippen LogP contribution >= 0.6 is 0 Å². The summed E-state index contributed by atoms with van der Waals surface area (Å²) in [6.07, 6.45) is 8.17. The lowest BCUT2D eigenvalue weighted by molar-refractivity contribution is -0.0536. The van der Waals surface area contributed by atoms with Gasteiger partial charge in [0.25, 0.3) is 0 Å². The number of para-hydroxylation sites is 1. The first-order valence-electron chi connectivity index (χ1n) is 12.1. The fourth-order valence-electron chi connectivity index (χ4n) is 7.60. The van der Waals surface area contributed by atoms with Gasteiger partial charge in [-0.15, -0.1) is 0 Å². The molecule has 3 aliphatic rings. The molecule has 1 heterocycles. The lowest BCUT2D eigenvalue weighted by Gasteiger charge is -2.55. The maximum Gasteiger partial charge on any atom is 0.148 e. The molecule has 0 saturated heterocycles. The van der Waals surface area contributed by atoms with Gasteiger partial charge in [0.15, 0.2) is 0 Å². The van der Waals surface area contributed by atoms with E-state index < -0.39 is 0 Å². The molecule has 1 aromatic heterocycles. The first-order valence-corrected chi connectivity index (χ1v) is 12.1. The summed E-state index contributed by atoms with van der Waals surface area (Å²) < 4.78 is 16.1. The molecular weight excluding hydrogens is 401 g/mol. The summed E-state index contributed by atoms with van der Waals surface area (Å²) in [6.45, 7) is 10.00. The lowest BCUT2D eigenvalue weighted by Crippen LogP contribution is -2.53. The molecule has 172 valence electrons. The molecule has 1 aromatic carbocycles. The first-order chi connectivity index (χ1) is 15.3. The minimum Gasteiger partial charge on any atom is -0.396 e. The second kappa shape index (κ2) is 7.81. The van der Waals surface area contributed by atoms with Crippen LogP contribution in [0.1, 0.15) is 50.8 Å². The van der Waals surface area contributed by atoms with Gasteiger partial charge >= 0.3 is 0 Å². The van der Waals surface area contributed by atoms with Crippen LogP contribution in [0.2, 0.25) is 0 Å². The highest BCUT2D eigenvalue weighted by molar-refractivity contribution is 5.36. The minimum absolute atomic E-state index is 0.0554. The van der Waals surface area contributed by atoms with Gasteiger partial charge in [0.1, 0.15) is 11.5 Å². The van der Waals surface area contributed by atoms with Crippen molar-refractivity contribution in [3.63, 3.8) is 0 Å². The zero-order chi connectivity index (χ0) is 22.7. The van der Waals surface area contributed by atoms with E-state index in [4.69, 9.17) is 10.8 Å². The molecule has 3 aliphatic carbocycles. The van der Waals surface area contributed by atoms with E-state index in [1.54, 1.807) is 16.8 Å². The molecule has 0 unspecified atom stereocenters. The zero-order valence-corrected chi connectivity index (χ0v) is 19.4.